The van der Waals surface area contributed by atoms with Crippen LogP contribution >= 0.6 is 22.6 Å². The third-order valence-electron chi connectivity index (χ3n) is 4.79. The van der Waals surface area contributed by atoms with E-state index in [2.05, 4.69) is 42.4 Å². The molecule has 0 aliphatic carbocycles. The summed E-state index contributed by atoms with van der Waals surface area (Å²) in [6.45, 7) is 5.20. The van der Waals surface area contributed by atoms with Crippen LogP contribution in [-0.2, 0) is 10.0 Å². The van der Waals surface area contributed by atoms with Gasteiger partial charge >= 0.3 is 0 Å². The molecule has 1 saturated heterocycles. The fourth-order valence-corrected chi connectivity index (χ4v) is 4.83. The van der Waals surface area contributed by atoms with Crippen molar-refractivity contribution in [3.05, 3.63) is 51.6 Å². The Morgan fingerprint density at radius 2 is 1.72 bits per heavy atom. The van der Waals surface area contributed by atoms with Gasteiger partial charge in [0.1, 0.15) is 4.90 Å². The maximum Gasteiger partial charge on any atom is 0.255 e. The normalized spacial score (nSPS) is 15.3. The first kappa shape index (κ1) is 22.0. The minimum Gasteiger partial charge on any atom is -0.368 e. The Balaban J connectivity index is 1.93. The summed E-state index contributed by atoms with van der Waals surface area (Å²) in [5, 5.41) is 2.82. The summed E-state index contributed by atoms with van der Waals surface area (Å²) in [6.07, 6.45) is 0. The van der Waals surface area contributed by atoms with Gasteiger partial charge in [-0.1, -0.05) is 6.92 Å². The van der Waals surface area contributed by atoms with E-state index in [1.807, 2.05) is 31.3 Å². The van der Waals surface area contributed by atoms with Crippen LogP contribution in [0, 0.1) is 3.57 Å². The van der Waals surface area contributed by atoms with Gasteiger partial charge in [0.05, 0.1) is 5.69 Å². The number of benzene rings is 2. The van der Waals surface area contributed by atoms with E-state index >= 15 is 0 Å². The molecule has 7 nitrogen and oxygen atoms in total. The van der Waals surface area contributed by atoms with Crippen molar-refractivity contribution in [1.29, 1.82) is 0 Å². The predicted molar refractivity (Wildman–Crippen MR) is 124 cm³/mol. The van der Waals surface area contributed by atoms with E-state index in [1.165, 1.54) is 6.07 Å². The Kier molecular flexibility index (Phi) is 7.14. The van der Waals surface area contributed by atoms with Gasteiger partial charge in [-0.05, 0) is 72.1 Å². The molecule has 3 rings (SSSR count). The van der Waals surface area contributed by atoms with Crippen molar-refractivity contribution in [1.82, 2.24) is 9.62 Å². The number of sulfonamides is 1. The Morgan fingerprint density at radius 3 is 2.34 bits per heavy atom. The van der Waals surface area contributed by atoms with Crippen molar-refractivity contribution >= 4 is 49.9 Å². The number of hydrogen-bond donors (Lipinski definition) is 2. The van der Waals surface area contributed by atoms with Gasteiger partial charge in [0.25, 0.3) is 5.91 Å². The van der Waals surface area contributed by atoms with Crippen molar-refractivity contribution in [2.75, 3.05) is 50.0 Å². The van der Waals surface area contributed by atoms with E-state index in [9.17, 15) is 13.2 Å². The number of piperazine rings is 1. The average molecular weight is 528 g/mol. The minimum atomic E-state index is -3.72. The molecule has 0 atom stereocenters. The molecule has 0 spiro atoms. The zero-order valence-corrected chi connectivity index (χ0v) is 19.5. The van der Waals surface area contributed by atoms with Gasteiger partial charge < -0.3 is 15.1 Å². The van der Waals surface area contributed by atoms with Crippen molar-refractivity contribution in [2.24, 2.45) is 0 Å². The van der Waals surface area contributed by atoms with E-state index in [4.69, 9.17) is 0 Å². The number of amides is 1. The van der Waals surface area contributed by atoms with Crippen LogP contribution in [0.4, 0.5) is 11.4 Å². The largest absolute Gasteiger partial charge is 0.368 e. The number of carbonyl (C=O) groups excluding carboxylic acids is 1. The molecule has 156 valence electrons. The third kappa shape index (κ3) is 5.47. The summed E-state index contributed by atoms with van der Waals surface area (Å²) >= 11 is 2.19. The fourth-order valence-electron chi connectivity index (χ4n) is 3.18. The highest BCUT2D eigenvalue weighted by Crippen LogP contribution is 2.28. The maximum absolute atomic E-state index is 12.8. The highest BCUT2D eigenvalue weighted by Gasteiger charge is 2.25. The highest BCUT2D eigenvalue weighted by atomic mass is 127. The monoisotopic (exact) mass is 528 g/mol. The van der Waals surface area contributed by atoms with Crippen LogP contribution < -0.4 is 14.9 Å². The highest BCUT2D eigenvalue weighted by molar-refractivity contribution is 14.1. The van der Waals surface area contributed by atoms with Crippen LogP contribution in [0.5, 0.6) is 0 Å². The van der Waals surface area contributed by atoms with Crippen molar-refractivity contribution in [2.45, 2.75) is 11.8 Å². The average Bonchev–Trinajstić information content (AvgIpc) is 2.70. The number of likely N-dealkylation sites (N-methyl/N-ethyl adjacent to an activating group) is 1. The van der Waals surface area contributed by atoms with E-state index in [1.54, 1.807) is 19.1 Å². The molecule has 0 unspecified atom stereocenters. The molecule has 0 saturated carbocycles. The molecule has 2 aromatic carbocycles. The first-order chi connectivity index (χ1) is 13.8. The lowest BCUT2D eigenvalue weighted by molar-refractivity contribution is 0.102. The fraction of sp³-hybridized carbons (Fsp3) is 0.350. The van der Waals surface area contributed by atoms with Crippen LogP contribution in [0.1, 0.15) is 17.3 Å². The van der Waals surface area contributed by atoms with Gasteiger partial charge in [0.15, 0.2) is 0 Å². The number of nitrogens with zero attached hydrogens (tertiary/aromatic N) is 2. The van der Waals surface area contributed by atoms with Crippen LogP contribution in [0.3, 0.4) is 0 Å². The Bertz CT molecular complexity index is 972. The molecule has 0 aromatic heterocycles. The minimum absolute atomic E-state index is 0.138. The van der Waals surface area contributed by atoms with Crippen molar-refractivity contribution in [3.63, 3.8) is 0 Å². The molecule has 0 bridgehead atoms. The summed E-state index contributed by atoms with van der Waals surface area (Å²) in [7, 11) is -1.68. The van der Waals surface area contributed by atoms with Crippen LogP contribution in [0.25, 0.3) is 0 Å². The molecular weight excluding hydrogens is 503 g/mol. The van der Waals surface area contributed by atoms with E-state index in [-0.39, 0.29) is 17.3 Å². The molecule has 1 heterocycles. The third-order valence-corrected chi connectivity index (χ3v) is 7.09. The SMILES string of the molecule is CCNS(=O)(=O)c1cc(C(=O)Nc2ccc(I)cc2)ccc1N1CCN(C)CC1. The van der Waals surface area contributed by atoms with Crippen LogP contribution in [-0.4, -0.2) is 59.0 Å². The van der Waals surface area contributed by atoms with Gasteiger partial charge in [-0.3, -0.25) is 4.79 Å². The lowest BCUT2D eigenvalue weighted by Gasteiger charge is -2.35. The number of rotatable bonds is 6. The molecular formula is C20H25IN4O3S. The van der Waals surface area contributed by atoms with Gasteiger partial charge in [0, 0.05) is 47.5 Å². The molecule has 1 aliphatic rings. The predicted octanol–water partition coefficient (Wildman–Crippen LogP) is 2.59. The van der Waals surface area contributed by atoms with Crippen molar-refractivity contribution in [3.8, 4) is 0 Å². The topological polar surface area (TPSA) is 81.7 Å². The molecule has 0 radical (unpaired) electrons. The van der Waals surface area contributed by atoms with Gasteiger partial charge in [-0.2, -0.15) is 0 Å². The number of halogens is 1. The van der Waals surface area contributed by atoms with Gasteiger partial charge in [-0.15, -0.1) is 0 Å². The Hall–Kier alpha value is -1.69. The summed E-state index contributed by atoms with van der Waals surface area (Å²) in [4.78, 5) is 17.1. The summed E-state index contributed by atoms with van der Waals surface area (Å²) < 4.78 is 29.3. The van der Waals surface area contributed by atoms with Gasteiger partial charge in [-0.25, -0.2) is 13.1 Å². The lowest BCUT2D eigenvalue weighted by Crippen LogP contribution is -2.45. The quantitative estimate of drug-likeness (QED) is 0.564. The van der Waals surface area contributed by atoms with E-state index in [0.29, 0.717) is 16.9 Å². The molecule has 2 N–H and O–H groups in total. The maximum atomic E-state index is 12.8. The Labute approximate surface area is 185 Å². The summed E-state index contributed by atoms with van der Waals surface area (Å²) in [6, 6.07) is 12.3. The zero-order valence-electron chi connectivity index (χ0n) is 16.5. The molecule has 1 amide bonds. The van der Waals surface area contributed by atoms with Crippen LogP contribution in [0.15, 0.2) is 47.4 Å². The standard InChI is InChI=1S/C20H25IN4O3S/c1-3-22-29(27,28)19-14-15(20(26)23-17-7-5-16(21)6-8-17)4-9-18(19)25-12-10-24(2)11-13-25/h4-9,14,22H,3,10-13H2,1-2H3,(H,23,26). The van der Waals surface area contributed by atoms with E-state index in [0.717, 1.165) is 29.7 Å². The second kappa shape index (κ2) is 9.41. The number of anilines is 2. The molecule has 2 aromatic rings. The number of hydrogen-bond acceptors (Lipinski definition) is 5. The smallest absolute Gasteiger partial charge is 0.255 e. The van der Waals surface area contributed by atoms with Crippen LogP contribution in [0.2, 0.25) is 0 Å². The summed E-state index contributed by atoms with van der Waals surface area (Å²) in [5.74, 6) is -0.343. The second-order valence-corrected chi connectivity index (χ2v) is 9.92. The lowest BCUT2D eigenvalue weighted by atomic mass is 10.1. The molecule has 9 heteroatoms. The number of carbonyl (C=O) groups is 1. The van der Waals surface area contributed by atoms with Crippen molar-refractivity contribution < 1.29 is 13.2 Å². The molecule has 1 fully saturated rings. The first-order valence-electron chi connectivity index (χ1n) is 9.44. The van der Waals surface area contributed by atoms with E-state index < -0.39 is 10.0 Å². The first-order valence-corrected chi connectivity index (χ1v) is 12.0. The summed E-state index contributed by atoms with van der Waals surface area (Å²) in [5.41, 5.74) is 1.59. The zero-order chi connectivity index (χ0) is 21.0. The van der Waals surface area contributed by atoms with Gasteiger partial charge in [0.2, 0.25) is 10.0 Å². The second-order valence-electron chi connectivity index (χ2n) is 6.94. The number of nitrogens with one attached hydrogen (secondary N) is 2. The molecule has 1 aliphatic heterocycles. The molecule has 29 heavy (non-hydrogen) atoms. The Morgan fingerprint density at radius 1 is 1.07 bits per heavy atom.